The molecule has 3 aromatic carbocycles. The van der Waals surface area contributed by atoms with Crippen LogP contribution < -0.4 is 10.1 Å². The zero-order chi connectivity index (χ0) is 23.0. The van der Waals surface area contributed by atoms with E-state index in [1.807, 2.05) is 6.07 Å². The molecule has 170 valence electrons. The van der Waals surface area contributed by atoms with Crippen molar-refractivity contribution in [1.82, 2.24) is 5.32 Å². The molecule has 0 aliphatic heterocycles. The largest absolute Gasteiger partial charge is 0.457 e. The summed E-state index contributed by atoms with van der Waals surface area (Å²) in [6.45, 7) is -0.455. The van der Waals surface area contributed by atoms with Gasteiger partial charge in [-0.25, -0.2) is 4.39 Å². The van der Waals surface area contributed by atoms with Gasteiger partial charge in [-0.3, -0.25) is 5.32 Å². The van der Waals surface area contributed by atoms with Crippen LogP contribution in [0.3, 0.4) is 0 Å². The number of thioether (sulfide) groups is 1. The summed E-state index contributed by atoms with van der Waals surface area (Å²) in [5.74, 6) is 1.21. The van der Waals surface area contributed by atoms with Crippen molar-refractivity contribution in [1.29, 1.82) is 0 Å². The fourth-order valence-electron chi connectivity index (χ4n) is 3.05. The van der Waals surface area contributed by atoms with Gasteiger partial charge >= 0.3 is 6.18 Å². The van der Waals surface area contributed by atoms with Gasteiger partial charge in [0.2, 0.25) is 0 Å². The molecular formula is C24H23F4NO2S. The first kappa shape index (κ1) is 24.1. The third-order valence-corrected chi connectivity index (χ3v) is 5.80. The monoisotopic (exact) mass is 465 g/mol. The molecule has 32 heavy (non-hydrogen) atoms. The maximum absolute atomic E-state index is 13.9. The Kier molecular flexibility index (Phi) is 8.55. The minimum atomic E-state index is -4.57. The SMILES string of the molecule is OC[C@H](CSCc1ccc(F)cc1)N[C@@H](c1cccc(Oc2ccccc2)c1)C(F)(F)F. The number of ether oxygens (including phenoxy) is 1. The lowest BCUT2D eigenvalue weighted by molar-refractivity contribution is -0.159. The highest BCUT2D eigenvalue weighted by molar-refractivity contribution is 7.98. The van der Waals surface area contributed by atoms with Crippen LogP contribution in [0.4, 0.5) is 17.6 Å². The van der Waals surface area contributed by atoms with Crippen LogP contribution in [0.5, 0.6) is 11.5 Å². The molecule has 2 N–H and O–H groups in total. The number of rotatable bonds is 10. The number of aliphatic hydroxyl groups is 1. The molecule has 0 amide bonds. The molecule has 0 aromatic heterocycles. The van der Waals surface area contributed by atoms with Crippen molar-refractivity contribution in [3.63, 3.8) is 0 Å². The van der Waals surface area contributed by atoms with Crippen LogP contribution in [-0.2, 0) is 5.75 Å². The molecule has 8 heteroatoms. The van der Waals surface area contributed by atoms with Crippen molar-refractivity contribution in [2.45, 2.75) is 24.0 Å². The van der Waals surface area contributed by atoms with E-state index in [0.717, 1.165) is 5.56 Å². The quantitative estimate of drug-likeness (QED) is 0.355. The Labute approximate surface area is 188 Å². The van der Waals surface area contributed by atoms with Gasteiger partial charge < -0.3 is 9.84 Å². The Morgan fingerprint density at radius 2 is 1.59 bits per heavy atom. The van der Waals surface area contributed by atoms with Crippen molar-refractivity contribution < 1.29 is 27.4 Å². The van der Waals surface area contributed by atoms with E-state index in [1.165, 1.54) is 42.1 Å². The highest BCUT2D eigenvalue weighted by Crippen LogP contribution is 2.35. The molecule has 0 unspecified atom stereocenters. The van der Waals surface area contributed by atoms with E-state index in [4.69, 9.17) is 4.74 Å². The van der Waals surface area contributed by atoms with E-state index in [2.05, 4.69) is 5.32 Å². The van der Waals surface area contributed by atoms with Crippen LogP contribution in [-0.4, -0.2) is 29.7 Å². The molecule has 0 radical (unpaired) electrons. The molecule has 3 rings (SSSR count). The van der Waals surface area contributed by atoms with E-state index >= 15 is 0 Å². The maximum atomic E-state index is 13.9. The minimum Gasteiger partial charge on any atom is -0.457 e. The summed E-state index contributed by atoms with van der Waals surface area (Å²) in [5, 5.41) is 12.2. The topological polar surface area (TPSA) is 41.5 Å². The van der Waals surface area contributed by atoms with E-state index in [9.17, 15) is 22.7 Å². The number of benzene rings is 3. The second-order valence-electron chi connectivity index (χ2n) is 7.15. The molecule has 0 aliphatic rings. The molecule has 0 aliphatic carbocycles. The van der Waals surface area contributed by atoms with Gasteiger partial charge in [-0.1, -0.05) is 42.5 Å². The molecule has 3 nitrogen and oxygen atoms in total. The molecule has 0 saturated heterocycles. The van der Waals surface area contributed by atoms with E-state index in [-0.39, 0.29) is 22.9 Å². The standard InChI is InChI=1S/C24H23F4NO2S/c25-19-11-9-17(10-12-19)15-32-16-20(14-30)29-23(24(26,27)28)18-5-4-8-22(13-18)31-21-6-2-1-3-7-21/h1-13,20,23,29-30H,14-16H2/t20-,23+/m1/s1. The first-order chi connectivity index (χ1) is 15.3. The number of hydrogen-bond acceptors (Lipinski definition) is 4. The highest BCUT2D eigenvalue weighted by Gasteiger charge is 2.41. The fraction of sp³-hybridized carbons (Fsp3) is 0.250. The van der Waals surface area contributed by atoms with Crippen molar-refractivity contribution in [2.75, 3.05) is 12.4 Å². The summed E-state index contributed by atoms with van der Waals surface area (Å²) in [6.07, 6.45) is -4.57. The Balaban J connectivity index is 1.67. The lowest BCUT2D eigenvalue weighted by atomic mass is 10.1. The summed E-state index contributed by atoms with van der Waals surface area (Å²) >= 11 is 1.36. The Bertz CT molecular complexity index is 968. The van der Waals surface area contributed by atoms with Crippen LogP contribution in [0.25, 0.3) is 0 Å². The van der Waals surface area contributed by atoms with Crippen molar-refractivity contribution >= 4 is 11.8 Å². The van der Waals surface area contributed by atoms with E-state index < -0.39 is 24.9 Å². The van der Waals surface area contributed by atoms with Crippen molar-refractivity contribution in [2.24, 2.45) is 0 Å². The minimum absolute atomic E-state index is 0.00656. The molecule has 0 heterocycles. The summed E-state index contributed by atoms with van der Waals surface area (Å²) in [7, 11) is 0. The fourth-order valence-corrected chi connectivity index (χ4v) is 4.08. The summed E-state index contributed by atoms with van der Waals surface area (Å²) in [5.41, 5.74) is 0.846. The van der Waals surface area contributed by atoms with Gasteiger partial charge in [-0.15, -0.1) is 0 Å². The average Bonchev–Trinajstić information content (AvgIpc) is 2.77. The third kappa shape index (κ3) is 7.25. The first-order valence-corrected chi connectivity index (χ1v) is 11.1. The van der Waals surface area contributed by atoms with E-state index in [1.54, 1.807) is 42.5 Å². The molecule has 2 atom stereocenters. The van der Waals surface area contributed by atoms with Crippen LogP contribution in [0, 0.1) is 5.82 Å². The van der Waals surface area contributed by atoms with Gasteiger partial charge in [0.1, 0.15) is 23.4 Å². The maximum Gasteiger partial charge on any atom is 0.407 e. The van der Waals surface area contributed by atoms with Gasteiger partial charge in [0.15, 0.2) is 0 Å². The normalized spacial score (nSPS) is 13.5. The number of para-hydroxylation sites is 1. The number of hydrogen-bond donors (Lipinski definition) is 2. The predicted molar refractivity (Wildman–Crippen MR) is 118 cm³/mol. The number of halogens is 4. The smallest absolute Gasteiger partial charge is 0.407 e. The van der Waals surface area contributed by atoms with Crippen LogP contribution in [0.2, 0.25) is 0 Å². The molecule has 3 aromatic rings. The second-order valence-corrected chi connectivity index (χ2v) is 8.18. The zero-order valence-electron chi connectivity index (χ0n) is 17.1. The highest BCUT2D eigenvalue weighted by atomic mass is 32.2. The molecule has 0 bridgehead atoms. The molecule has 0 spiro atoms. The summed E-state index contributed by atoms with van der Waals surface area (Å²) in [4.78, 5) is 0. The Hall–Kier alpha value is -2.55. The zero-order valence-corrected chi connectivity index (χ0v) is 17.9. The molecular weight excluding hydrogens is 442 g/mol. The van der Waals surface area contributed by atoms with Gasteiger partial charge in [0.25, 0.3) is 0 Å². The lowest BCUT2D eigenvalue weighted by Crippen LogP contribution is -2.43. The molecule has 0 fully saturated rings. The van der Waals surface area contributed by atoms with Gasteiger partial charge in [0, 0.05) is 17.5 Å². The number of nitrogens with one attached hydrogen (secondary N) is 1. The van der Waals surface area contributed by atoms with Crippen LogP contribution in [0.1, 0.15) is 17.2 Å². The summed E-state index contributed by atoms with van der Waals surface area (Å²) < 4.78 is 60.2. The third-order valence-electron chi connectivity index (χ3n) is 4.62. The number of aliphatic hydroxyl groups excluding tert-OH is 1. The summed E-state index contributed by atoms with van der Waals surface area (Å²) in [6, 6.07) is 17.8. The Morgan fingerprint density at radius 3 is 2.25 bits per heavy atom. The number of alkyl halides is 3. The van der Waals surface area contributed by atoms with Crippen LogP contribution >= 0.6 is 11.8 Å². The van der Waals surface area contributed by atoms with Crippen molar-refractivity contribution in [3.8, 4) is 11.5 Å². The van der Waals surface area contributed by atoms with Crippen LogP contribution in [0.15, 0.2) is 78.9 Å². The van der Waals surface area contributed by atoms with Crippen molar-refractivity contribution in [3.05, 3.63) is 95.8 Å². The Morgan fingerprint density at radius 1 is 0.906 bits per heavy atom. The second kappa shape index (κ2) is 11.4. The molecule has 0 saturated carbocycles. The van der Waals surface area contributed by atoms with Gasteiger partial charge in [-0.05, 0) is 47.5 Å². The lowest BCUT2D eigenvalue weighted by Gasteiger charge is -2.27. The average molecular weight is 466 g/mol. The predicted octanol–water partition coefficient (Wildman–Crippen LogP) is 6.11. The van der Waals surface area contributed by atoms with Gasteiger partial charge in [-0.2, -0.15) is 24.9 Å². The first-order valence-electron chi connectivity index (χ1n) is 9.94. The van der Waals surface area contributed by atoms with Gasteiger partial charge in [0.05, 0.1) is 6.61 Å². The van der Waals surface area contributed by atoms with E-state index in [0.29, 0.717) is 11.5 Å².